The van der Waals surface area contributed by atoms with Crippen LogP contribution in [0.5, 0.6) is 5.75 Å². The van der Waals surface area contributed by atoms with Gasteiger partial charge >= 0.3 is 0 Å². The van der Waals surface area contributed by atoms with Crippen molar-refractivity contribution in [2.24, 2.45) is 0 Å². The second kappa shape index (κ2) is 5.65. The summed E-state index contributed by atoms with van der Waals surface area (Å²) in [5.74, 6) is 0.888. The van der Waals surface area contributed by atoms with Gasteiger partial charge in [0.05, 0.1) is 18.5 Å². The molecular formula is C16H20N2O. The van der Waals surface area contributed by atoms with Crippen molar-refractivity contribution >= 4 is 11.4 Å². The lowest BCUT2D eigenvalue weighted by atomic mass is 10.1. The molecule has 0 fully saturated rings. The van der Waals surface area contributed by atoms with Crippen molar-refractivity contribution in [2.45, 2.75) is 20.8 Å². The second-order valence-corrected chi connectivity index (χ2v) is 4.75. The van der Waals surface area contributed by atoms with Gasteiger partial charge in [-0.3, -0.25) is 0 Å². The predicted octanol–water partition coefficient (Wildman–Crippen LogP) is 4.06. The van der Waals surface area contributed by atoms with E-state index in [2.05, 4.69) is 42.9 Å². The summed E-state index contributed by atoms with van der Waals surface area (Å²) in [6.45, 7) is 6.20. The summed E-state index contributed by atoms with van der Waals surface area (Å²) in [6.07, 6.45) is 0. The lowest BCUT2D eigenvalue weighted by Crippen LogP contribution is -2.10. The van der Waals surface area contributed by atoms with Gasteiger partial charge in [0.2, 0.25) is 0 Å². The van der Waals surface area contributed by atoms with E-state index in [9.17, 15) is 0 Å². The minimum atomic E-state index is 0.888. The molecule has 0 amide bonds. The van der Waals surface area contributed by atoms with Crippen molar-refractivity contribution in [3.8, 4) is 5.75 Å². The lowest BCUT2D eigenvalue weighted by molar-refractivity contribution is 0.412. The fourth-order valence-electron chi connectivity index (χ4n) is 1.96. The molecule has 0 aromatic heterocycles. The predicted molar refractivity (Wildman–Crippen MR) is 80.9 cm³/mol. The molecule has 19 heavy (non-hydrogen) atoms. The van der Waals surface area contributed by atoms with Gasteiger partial charge in [0.1, 0.15) is 5.75 Å². The van der Waals surface area contributed by atoms with Crippen LogP contribution in [0.1, 0.15) is 16.7 Å². The molecule has 0 bridgehead atoms. The smallest absolute Gasteiger partial charge is 0.123 e. The molecule has 0 unspecified atom stereocenters. The molecular weight excluding hydrogens is 236 g/mol. The highest BCUT2D eigenvalue weighted by molar-refractivity contribution is 5.60. The average molecular weight is 256 g/mol. The number of methoxy groups -OCH3 is 1. The topological polar surface area (TPSA) is 33.3 Å². The number of nitrogens with one attached hydrogen (secondary N) is 2. The van der Waals surface area contributed by atoms with Crippen LogP contribution < -0.4 is 15.6 Å². The minimum Gasteiger partial charge on any atom is -0.496 e. The van der Waals surface area contributed by atoms with Crippen LogP contribution in [-0.2, 0) is 0 Å². The fraction of sp³-hybridized carbons (Fsp3) is 0.250. The zero-order valence-electron chi connectivity index (χ0n) is 11.9. The van der Waals surface area contributed by atoms with Crippen LogP contribution in [0.4, 0.5) is 11.4 Å². The Bertz CT molecular complexity index is 562. The van der Waals surface area contributed by atoms with E-state index in [1.54, 1.807) is 7.11 Å². The molecule has 0 aliphatic rings. The standard InChI is InChI=1S/C16H20N2O/c1-11-5-7-14(8-6-11)17-18-15-10-16(19-4)13(3)9-12(15)2/h5-10,17-18H,1-4H3. The molecule has 2 aromatic carbocycles. The quantitative estimate of drug-likeness (QED) is 0.809. The molecule has 0 atom stereocenters. The monoisotopic (exact) mass is 256 g/mol. The Labute approximate surface area is 114 Å². The van der Waals surface area contributed by atoms with Gasteiger partial charge < -0.3 is 15.6 Å². The van der Waals surface area contributed by atoms with Crippen molar-refractivity contribution in [1.82, 2.24) is 0 Å². The Morgan fingerprint density at radius 3 is 2.16 bits per heavy atom. The van der Waals surface area contributed by atoms with Crippen LogP contribution in [0.2, 0.25) is 0 Å². The minimum absolute atomic E-state index is 0.888. The number of hydrogen-bond donors (Lipinski definition) is 2. The van der Waals surface area contributed by atoms with E-state index in [1.807, 2.05) is 25.1 Å². The van der Waals surface area contributed by atoms with E-state index < -0.39 is 0 Å². The van der Waals surface area contributed by atoms with Gasteiger partial charge in [0.25, 0.3) is 0 Å². The largest absolute Gasteiger partial charge is 0.496 e. The highest BCUT2D eigenvalue weighted by atomic mass is 16.5. The van der Waals surface area contributed by atoms with Gasteiger partial charge in [-0.05, 0) is 44.0 Å². The number of anilines is 2. The van der Waals surface area contributed by atoms with Crippen molar-refractivity contribution in [1.29, 1.82) is 0 Å². The second-order valence-electron chi connectivity index (χ2n) is 4.75. The van der Waals surface area contributed by atoms with Gasteiger partial charge in [-0.2, -0.15) is 0 Å². The number of ether oxygens (including phenoxy) is 1. The van der Waals surface area contributed by atoms with E-state index in [0.717, 1.165) is 22.7 Å². The molecule has 3 nitrogen and oxygen atoms in total. The van der Waals surface area contributed by atoms with Crippen molar-refractivity contribution in [3.05, 3.63) is 53.1 Å². The van der Waals surface area contributed by atoms with Crippen molar-refractivity contribution in [3.63, 3.8) is 0 Å². The first kappa shape index (κ1) is 13.3. The summed E-state index contributed by atoms with van der Waals surface area (Å²) in [6, 6.07) is 12.4. The molecule has 0 aliphatic heterocycles. The van der Waals surface area contributed by atoms with Crippen LogP contribution in [-0.4, -0.2) is 7.11 Å². The van der Waals surface area contributed by atoms with E-state index in [0.29, 0.717) is 0 Å². The maximum absolute atomic E-state index is 5.34. The van der Waals surface area contributed by atoms with Crippen molar-refractivity contribution in [2.75, 3.05) is 18.0 Å². The van der Waals surface area contributed by atoms with Crippen molar-refractivity contribution < 1.29 is 4.74 Å². The van der Waals surface area contributed by atoms with E-state index >= 15 is 0 Å². The highest BCUT2D eigenvalue weighted by Crippen LogP contribution is 2.26. The number of hydrogen-bond acceptors (Lipinski definition) is 3. The zero-order chi connectivity index (χ0) is 13.8. The third kappa shape index (κ3) is 3.19. The molecule has 0 heterocycles. The van der Waals surface area contributed by atoms with Crippen LogP contribution >= 0.6 is 0 Å². The van der Waals surface area contributed by atoms with Crippen LogP contribution in [0.15, 0.2) is 36.4 Å². The molecule has 0 saturated carbocycles. The Morgan fingerprint density at radius 1 is 0.842 bits per heavy atom. The SMILES string of the molecule is COc1cc(NNc2ccc(C)cc2)c(C)cc1C. The highest BCUT2D eigenvalue weighted by Gasteiger charge is 2.04. The summed E-state index contributed by atoms with van der Waals surface area (Å²) < 4.78 is 5.34. The first-order valence-corrected chi connectivity index (χ1v) is 6.34. The molecule has 3 heteroatoms. The number of aryl methyl sites for hydroxylation is 3. The summed E-state index contributed by atoms with van der Waals surface area (Å²) in [5.41, 5.74) is 12.0. The lowest BCUT2D eigenvalue weighted by Gasteiger charge is -2.15. The van der Waals surface area contributed by atoms with E-state index in [-0.39, 0.29) is 0 Å². The molecule has 0 radical (unpaired) electrons. The summed E-state index contributed by atoms with van der Waals surface area (Å²) in [5, 5.41) is 0. The third-order valence-corrected chi connectivity index (χ3v) is 3.13. The zero-order valence-corrected chi connectivity index (χ0v) is 11.9. The van der Waals surface area contributed by atoms with Gasteiger partial charge in [0, 0.05) is 6.07 Å². The molecule has 0 spiro atoms. The number of hydrazine groups is 1. The fourth-order valence-corrected chi connectivity index (χ4v) is 1.96. The number of benzene rings is 2. The molecule has 2 aromatic rings. The number of rotatable bonds is 4. The van der Waals surface area contributed by atoms with Crippen LogP contribution in [0, 0.1) is 20.8 Å². The van der Waals surface area contributed by atoms with E-state index in [1.165, 1.54) is 11.1 Å². The maximum atomic E-state index is 5.34. The average Bonchev–Trinajstić information content (AvgIpc) is 2.40. The Morgan fingerprint density at radius 2 is 1.53 bits per heavy atom. The van der Waals surface area contributed by atoms with Gasteiger partial charge in [0.15, 0.2) is 0 Å². The Balaban J connectivity index is 2.13. The van der Waals surface area contributed by atoms with Gasteiger partial charge in [-0.25, -0.2) is 0 Å². The normalized spacial score (nSPS) is 10.1. The maximum Gasteiger partial charge on any atom is 0.123 e. The molecule has 100 valence electrons. The van der Waals surface area contributed by atoms with Crippen LogP contribution in [0.25, 0.3) is 0 Å². The molecule has 2 rings (SSSR count). The molecule has 0 saturated heterocycles. The third-order valence-electron chi connectivity index (χ3n) is 3.13. The Kier molecular flexibility index (Phi) is 3.95. The summed E-state index contributed by atoms with van der Waals surface area (Å²) in [7, 11) is 1.69. The summed E-state index contributed by atoms with van der Waals surface area (Å²) in [4.78, 5) is 0. The first-order chi connectivity index (χ1) is 9.10. The summed E-state index contributed by atoms with van der Waals surface area (Å²) >= 11 is 0. The molecule has 2 N–H and O–H groups in total. The van der Waals surface area contributed by atoms with Gasteiger partial charge in [-0.1, -0.05) is 23.8 Å². The Hall–Kier alpha value is -2.16. The molecule has 0 aliphatic carbocycles. The van der Waals surface area contributed by atoms with Gasteiger partial charge in [-0.15, -0.1) is 0 Å². The first-order valence-electron chi connectivity index (χ1n) is 6.34. The van der Waals surface area contributed by atoms with Crippen LogP contribution in [0.3, 0.4) is 0 Å². The van der Waals surface area contributed by atoms with E-state index in [4.69, 9.17) is 4.74 Å².